The number of carboxylic acids is 1. The molecule has 0 aromatic rings. The van der Waals surface area contributed by atoms with Gasteiger partial charge in [0.1, 0.15) is 0 Å². The molecular weight excluding hydrogens is 272 g/mol. The molecule has 2 saturated carbocycles. The van der Waals surface area contributed by atoms with E-state index in [0.29, 0.717) is 17.8 Å². The molecule has 22 heavy (non-hydrogen) atoms. The highest BCUT2D eigenvalue weighted by atomic mass is 16.4. The summed E-state index contributed by atoms with van der Waals surface area (Å²) < 4.78 is 0. The predicted octanol–water partition coefficient (Wildman–Crippen LogP) is 5.21. The van der Waals surface area contributed by atoms with Crippen molar-refractivity contribution < 1.29 is 9.90 Å². The van der Waals surface area contributed by atoms with Crippen LogP contribution in [0.3, 0.4) is 0 Å². The number of hydrogen-bond acceptors (Lipinski definition) is 1. The second-order valence-corrected chi connectivity index (χ2v) is 8.54. The van der Waals surface area contributed by atoms with Crippen molar-refractivity contribution in [1.82, 2.24) is 0 Å². The number of aliphatic carboxylic acids is 1. The van der Waals surface area contributed by atoms with Gasteiger partial charge in [0.05, 0.1) is 5.41 Å². The number of fused-ring (bicyclic) bond motifs is 3. The van der Waals surface area contributed by atoms with Gasteiger partial charge in [-0.05, 0) is 62.2 Å². The lowest BCUT2D eigenvalue weighted by atomic mass is 9.47. The molecule has 2 heteroatoms. The zero-order valence-electron chi connectivity index (χ0n) is 14.5. The van der Waals surface area contributed by atoms with Crippen LogP contribution in [0, 0.1) is 28.6 Å². The summed E-state index contributed by atoms with van der Waals surface area (Å²) in [5.74, 6) is 0.984. The van der Waals surface area contributed by atoms with E-state index >= 15 is 0 Å². The maximum atomic E-state index is 11.9. The van der Waals surface area contributed by atoms with E-state index in [1.54, 1.807) is 11.1 Å². The summed E-state index contributed by atoms with van der Waals surface area (Å²) in [6, 6.07) is 0. The lowest BCUT2D eigenvalue weighted by Crippen LogP contribution is -2.52. The third-order valence-corrected chi connectivity index (χ3v) is 7.02. The van der Waals surface area contributed by atoms with Crippen LogP contribution in [0.5, 0.6) is 0 Å². The number of rotatable bonds is 2. The zero-order valence-corrected chi connectivity index (χ0v) is 14.5. The van der Waals surface area contributed by atoms with Gasteiger partial charge in [-0.15, -0.1) is 0 Å². The van der Waals surface area contributed by atoms with Gasteiger partial charge in [-0.25, -0.2) is 0 Å². The van der Waals surface area contributed by atoms with Crippen LogP contribution in [0.2, 0.25) is 0 Å². The maximum Gasteiger partial charge on any atom is 0.309 e. The van der Waals surface area contributed by atoms with Gasteiger partial charge >= 0.3 is 5.97 Å². The molecule has 3 rings (SSSR count). The Balaban J connectivity index is 2.00. The molecule has 0 bridgehead atoms. The Labute approximate surface area is 134 Å². The molecule has 1 N–H and O–H groups in total. The SMILES string of the molecule is CC(C)C1=CC=C2C(CCC3C(C)(C(=O)O)CCCC23C)C1. The van der Waals surface area contributed by atoms with Gasteiger partial charge < -0.3 is 5.11 Å². The van der Waals surface area contributed by atoms with Crippen LogP contribution in [0.1, 0.15) is 66.2 Å². The van der Waals surface area contributed by atoms with Gasteiger partial charge in [-0.3, -0.25) is 4.79 Å². The minimum Gasteiger partial charge on any atom is -0.481 e. The molecular formula is C20H30O2. The smallest absolute Gasteiger partial charge is 0.309 e. The summed E-state index contributed by atoms with van der Waals surface area (Å²) in [7, 11) is 0. The fraction of sp³-hybridized carbons (Fsp3) is 0.750. The molecule has 2 nitrogen and oxygen atoms in total. The van der Waals surface area contributed by atoms with Crippen LogP contribution in [0.4, 0.5) is 0 Å². The van der Waals surface area contributed by atoms with E-state index in [-0.39, 0.29) is 5.41 Å². The highest BCUT2D eigenvalue weighted by molar-refractivity contribution is 5.75. The third-order valence-electron chi connectivity index (χ3n) is 7.02. The molecule has 4 atom stereocenters. The average molecular weight is 302 g/mol. The van der Waals surface area contributed by atoms with Crippen molar-refractivity contribution in [2.75, 3.05) is 0 Å². The molecule has 0 radical (unpaired) electrons. The lowest BCUT2D eigenvalue weighted by molar-refractivity contribution is -0.160. The van der Waals surface area contributed by atoms with Crippen molar-refractivity contribution in [3.63, 3.8) is 0 Å². The number of carbonyl (C=O) groups is 1. The first kappa shape index (κ1) is 15.8. The van der Waals surface area contributed by atoms with Crippen molar-refractivity contribution in [3.8, 4) is 0 Å². The van der Waals surface area contributed by atoms with Crippen molar-refractivity contribution in [3.05, 3.63) is 23.3 Å². The first-order chi connectivity index (χ1) is 10.3. The minimum atomic E-state index is -0.586. The summed E-state index contributed by atoms with van der Waals surface area (Å²) in [5.41, 5.74) is 2.67. The summed E-state index contributed by atoms with van der Waals surface area (Å²) in [5, 5.41) is 9.83. The van der Waals surface area contributed by atoms with Crippen LogP contribution in [0.15, 0.2) is 23.3 Å². The normalized spacial score (nSPS) is 41.3. The van der Waals surface area contributed by atoms with Gasteiger partial charge in [0.25, 0.3) is 0 Å². The highest BCUT2D eigenvalue weighted by Gasteiger charge is 2.56. The Hall–Kier alpha value is -1.05. The summed E-state index contributed by atoms with van der Waals surface area (Å²) in [4.78, 5) is 11.9. The van der Waals surface area contributed by atoms with E-state index in [1.807, 2.05) is 6.92 Å². The highest BCUT2D eigenvalue weighted by Crippen LogP contribution is 2.62. The molecule has 2 fully saturated rings. The standard InChI is InChI=1S/C20H30O2/c1-13(2)14-6-8-16-15(12-14)7-9-17-19(16,3)10-5-11-20(17,4)18(21)22/h6,8,13,15,17H,5,7,9-12H2,1-4H3,(H,21,22). The maximum absolute atomic E-state index is 11.9. The molecule has 0 heterocycles. The van der Waals surface area contributed by atoms with E-state index in [2.05, 4.69) is 32.9 Å². The van der Waals surface area contributed by atoms with E-state index in [0.717, 1.165) is 25.7 Å². The Morgan fingerprint density at radius 1 is 1.23 bits per heavy atom. The Bertz CT molecular complexity index is 542. The predicted molar refractivity (Wildman–Crippen MR) is 89.5 cm³/mol. The van der Waals surface area contributed by atoms with Crippen molar-refractivity contribution >= 4 is 5.97 Å². The number of allylic oxidation sites excluding steroid dienone is 4. The summed E-state index contributed by atoms with van der Waals surface area (Å²) in [6.07, 6.45) is 11.2. The molecule has 0 aromatic heterocycles. The second-order valence-electron chi connectivity index (χ2n) is 8.54. The molecule has 0 amide bonds. The first-order valence-electron chi connectivity index (χ1n) is 8.93. The van der Waals surface area contributed by atoms with Crippen molar-refractivity contribution in [2.24, 2.45) is 28.6 Å². The van der Waals surface area contributed by atoms with Gasteiger partial charge in [0.2, 0.25) is 0 Å². The molecule has 0 saturated heterocycles. The quantitative estimate of drug-likeness (QED) is 0.760. The molecule has 0 spiro atoms. The van der Waals surface area contributed by atoms with E-state index in [1.165, 1.54) is 12.8 Å². The van der Waals surface area contributed by atoms with Crippen molar-refractivity contribution in [1.29, 1.82) is 0 Å². The number of carboxylic acid groups (broad SMARTS) is 1. The summed E-state index contributed by atoms with van der Waals surface area (Å²) in [6.45, 7) is 8.90. The fourth-order valence-electron chi connectivity index (χ4n) is 5.62. The first-order valence-corrected chi connectivity index (χ1v) is 8.93. The zero-order chi connectivity index (χ0) is 16.1. The topological polar surface area (TPSA) is 37.3 Å². The second kappa shape index (κ2) is 5.25. The molecule has 0 aromatic carbocycles. The van der Waals surface area contributed by atoms with Crippen LogP contribution in [-0.2, 0) is 4.79 Å². The van der Waals surface area contributed by atoms with Gasteiger partial charge in [0.15, 0.2) is 0 Å². The molecule has 122 valence electrons. The van der Waals surface area contributed by atoms with Gasteiger partial charge in [0, 0.05) is 0 Å². The monoisotopic (exact) mass is 302 g/mol. The summed E-state index contributed by atoms with van der Waals surface area (Å²) >= 11 is 0. The third kappa shape index (κ3) is 2.18. The van der Waals surface area contributed by atoms with E-state index in [4.69, 9.17) is 0 Å². The largest absolute Gasteiger partial charge is 0.481 e. The lowest BCUT2D eigenvalue weighted by Gasteiger charge is -2.56. The van der Waals surface area contributed by atoms with Gasteiger partial charge in [-0.2, -0.15) is 0 Å². The number of hydrogen-bond donors (Lipinski definition) is 1. The van der Waals surface area contributed by atoms with Gasteiger partial charge in [-0.1, -0.05) is 50.5 Å². The van der Waals surface area contributed by atoms with Crippen LogP contribution >= 0.6 is 0 Å². The molecule has 0 aliphatic heterocycles. The Morgan fingerprint density at radius 2 is 1.95 bits per heavy atom. The average Bonchev–Trinajstić information content (AvgIpc) is 2.46. The molecule has 4 unspecified atom stereocenters. The Morgan fingerprint density at radius 3 is 2.59 bits per heavy atom. The minimum absolute atomic E-state index is 0.0906. The van der Waals surface area contributed by atoms with E-state index in [9.17, 15) is 9.90 Å². The van der Waals surface area contributed by atoms with Crippen LogP contribution in [0.25, 0.3) is 0 Å². The fourth-order valence-corrected chi connectivity index (χ4v) is 5.62. The molecule has 3 aliphatic rings. The van der Waals surface area contributed by atoms with E-state index < -0.39 is 11.4 Å². The molecule has 3 aliphatic carbocycles. The van der Waals surface area contributed by atoms with Crippen LogP contribution in [-0.4, -0.2) is 11.1 Å². The van der Waals surface area contributed by atoms with Crippen LogP contribution < -0.4 is 0 Å². The van der Waals surface area contributed by atoms with Crippen molar-refractivity contribution in [2.45, 2.75) is 66.2 Å². The Kier molecular flexibility index (Phi) is 3.78.